The van der Waals surface area contributed by atoms with Crippen molar-refractivity contribution in [2.75, 3.05) is 0 Å². The van der Waals surface area contributed by atoms with Gasteiger partial charge in [-0.1, -0.05) is 12.1 Å². The molecular formula is C32H20N22. The predicted octanol–water partition coefficient (Wildman–Crippen LogP) is 4.90. The quantitative estimate of drug-likeness (QED) is 0.199. The number of hydrogen-bond acceptors (Lipinski definition) is 16. The second-order valence-electron chi connectivity index (χ2n) is 11.4. The third-order valence-electron chi connectivity index (χ3n) is 7.99. The SMILES string of the molecule is Cc1nn2nc(-c3ccc(-c4nn5nc(C)c(N=Nc6c(C#N)cnn6-c6ccccn6)c5[nH]4)nn3)[nH]c2c1N=Nc1c(C#N)cnn1-c1ccccn1. The van der Waals surface area contributed by atoms with E-state index in [1.165, 1.54) is 31.0 Å². The predicted molar refractivity (Wildman–Crippen MR) is 185 cm³/mol. The molecule has 0 aliphatic heterocycles. The van der Waals surface area contributed by atoms with Gasteiger partial charge in [0, 0.05) is 12.4 Å². The third kappa shape index (κ3) is 5.28. The third-order valence-corrected chi connectivity index (χ3v) is 7.99. The van der Waals surface area contributed by atoms with E-state index in [1.807, 2.05) is 0 Å². The number of rotatable bonds is 8. The van der Waals surface area contributed by atoms with Gasteiger partial charge in [0.05, 0.1) is 23.8 Å². The molecule has 0 fully saturated rings. The molecule has 0 radical (unpaired) electrons. The zero-order valence-corrected chi connectivity index (χ0v) is 27.9. The monoisotopic (exact) mass is 712 g/mol. The second kappa shape index (κ2) is 12.6. The number of nitrogens with zero attached hydrogens (tertiary/aromatic N) is 20. The van der Waals surface area contributed by atoms with Crippen LogP contribution in [0.25, 0.3) is 46.0 Å². The fourth-order valence-corrected chi connectivity index (χ4v) is 5.41. The normalized spacial score (nSPS) is 11.7. The van der Waals surface area contributed by atoms with Crippen molar-refractivity contribution in [1.29, 1.82) is 10.5 Å². The number of aryl methyl sites for hydroxylation is 2. The van der Waals surface area contributed by atoms with E-state index in [2.05, 4.69) is 93.3 Å². The highest BCUT2D eigenvalue weighted by Gasteiger charge is 2.20. The van der Waals surface area contributed by atoms with Gasteiger partial charge in [-0.25, -0.2) is 9.97 Å². The van der Waals surface area contributed by atoms with Crippen LogP contribution in [0.15, 0.2) is 93.8 Å². The fourth-order valence-electron chi connectivity index (χ4n) is 5.41. The van der Waals surface area contributed by atoms with E-state index in [9.17, 15) is 10.5 Å². The second-order valence-corrected chi connectivity index (χ2v) is 11.4. The number of nitriles is 2. The van der Waals surface area contributed by atoms with Crippen LogP contribution in [0.2, 0.25) is 0 Å². The highest BCUT2D eigenvalue weighted by Crippen LogP contribution is 2.31. The number of hydrogen-bond donors (Lipinski definition) is 2. The fraction of sp³-hybridized carbons (Fsp3) is 0.0625. The van der Waals surface area contributed by atoms with Crippen molar-refractivity contribution in [1.82, 2.24) is 79.3 Å². The molecule has 9 aromatic rings. The summed E-state index contributed by atoms with van der Waals surface area (Å²) < 4.78 is 5.64. The van der Waals surface area contributed by atoms with Crippen molar-refractivity contribution in [2.45, 2.75) is 13.8 Å². The molecule has 0 saturated carbocycles. The molecule has 0 aliphatic rings. The molecule has 9 aromatic heterocycles. The van der Waals surface area contributed by atoms with Gasteiger partial charge in [-0.2, -0.15) is 40.3 Å². The minimum absolute atomic E-state index is 0.216. The molecule has 0 unspecified atom stereocenters. The Labute approximate surface area is 300 Å². The van der Waals surface area contributed by atoms with Crippen LogP contribution < -0.4 is 0 Å². The topological polar surface area (TPSA) is 276 Å². The lowest BCUT2D eigenvalue weighted by Gasteiger charge is -2.01. The maximum Gasteiger partial charge on any atom is 0.197 e. The van der Waals surface area contributed by atoms with Crippen LogP contribution >= 0.6 is 0 Å². The molecule has 9 heterocycles. The van der Waals surface area contributed by atoms with Crippen LogP contribution in [0.5, 0.6) is 0 Å². The van der Waals surface area contributed by atoms with Crippen LogP contribution in [0.1, 0.15) is 22.5 Å². The summed E-state index contributed by atoms with van der Waals surface area (Å²) in [6.07, 6.45) is 6.04. The first kappa shape index (κ1) is 31.3. The van der Waals surface area contributed by atoms with Gasteiger partial charge in [0.15, 0.2) is 57.6 Å². The molecule has 0 atom stereocenters. The Kier molecular flexibility index (Phi) is 7.30. The van der Waals surface area contributed by atoms with Crippen LogP contribution in [0.3, 0.4) is 0 Å². The summed E-state index contributed by atoms with van der Waals surface area (Å²) >= 11 is 0. The van der Waals surface area contributed by atoms with Crippen LogP contribution in [0.4, 0.5) is 23.0 Å². The maximum absolute atomic E-state index is 9.64. The van der Waals surface area contributed by atoms with E-state index in [1.54, 1.807) is 74.8 Å². The lowest BCUT2D eigenvalue weighted by Crippen LogP contribution is -1.97. The van der Waals surface area contributed by atoms with Gasteiger partial charge in [-0.05, 0) is 50.2 Å². The molecule has 0 spiro atoms. The molecule has 22 nitrogen and oxygen atoms in total. The minimum Gasteiger partial charge on any atom is -0.318 e. The summed E-state index contributed by atoms with van der Waals surface area (Å²) in [4.78, 5) is 15.0. The molecule has 54 heavy (non-hydrogen) atoms. The average molecular weight is 713 g/mol. The largest absolute Gasteiger partial charge is 0.318 e. The lowest BCUT2D eigenvalue weighted by atomic mass is 10.3. The first-order chi connectivity index (χ1) is 26.5. The van der Waals surface area contributed by atoms with Crippen LogP contribution in [0, 0.1) is 36.5 Å². The standard InChI is InChI=1S/C32H20N22/c1-17-25(43-45-29-19(13-33)15-37-51(29)23-7-3-5-11-35-23)31-39-27(49-53(31)47-17)21-9-10-22(42-41-21)28-40-32-26(18(2)48-54(32)50-28)44-46-30-20(14-34)16-38-52(30)24-8-4-6-12-36-24/h3-12,15-16H,1-2H3,(H,39,49)(H,40,50). The van der Waals surface area contributed by atoms with Crippen molar-refractivity contribution in [3.05, 3.63) is 95.8 Å². The zero-order valence-electron chi connectivity index (χ0n) is 27.9. The van der Waals surface area contributed by atoms with Crippen molar-refractivity contribution >= 4 is 34.3 Å². The Morgan fingerprint density at radius 2 is 1.06 bits per heavy atom. The Hall–Kier alpha value is -8.66. The maximum atomic E-state index is 9.64. The Balaban J connectivity index is 0.987. The number of pyridine rings is 2. The van der Waals surface area contributed by atoms with E-state index in [-0.39, 0.29) is 22.8 Å². The molecular weight excluding hydrogens is 693 g/mol. The zero-order chi connectivity index (χ0) is 36.8. The molecule has 0 amide bonds. The van der Waals surface area contributed by atoms with Gasteiger partial charge < -0.3 is 9.97 Å². The smallest absolute Gasteiger partial charge is 0.197 e. The molecule has 0 bridgehead atoms. The highest BCUT2D eigenvalue weighted by molar-refractivity contribution is 5.71. The number of nitrogens with one attached hydrogen (secondary N) is 2. The van der Waals surface area contributed by atoms with E-state index in [0.29, 0.717) is 68.7 Å². The number of aromatic amines is 2. The lowest BCUT2D eigenvalue weighted by molar-refractivity contribution is 0.805. The molecule has 2 N–H and O–H groups in total. The Bertz CT molecular complexity index is 2770. The molecule has 0 saturated heterocycles. The minimum atomic E-state index is 0.216. The molecule has 0 aromatic carbocycles. The molecule has 9 rings (SSSR count). The van der Waals surface area contributed by atoms with Crippen molar-refractivity contribution in [3.8, 4) is 46.8 Å². The Morgan fingerprint density at radius 1 is 0.593 bits per heavy atom. The van der Waals surface area contributed by atoms with E-state index < -0.39 is 0 Å². The van der Waals surface area contributed by atoms with Crippen molar-refractivity contribution in [2.24, 2.45) is 20.5 Å². The highest BCUT2D eigenvalue weighted by atomic mass is 15.5. The molecule has 0 aliphatic carbocycles. The number of aromatic nitrogens is 16. The first-order valence-electron chi connectivity index (χ1n) is 15.9. The van der Waals surface area contributed by atoms with E-state index in [4.69, 9.17) is 0 Å². The summed E-state index contributed by atoms with van der Waals surface area (Å²) in [6, 6.07) is 18.3. The molecule has 22 heteroatoms. The summed E-state index contributed by atoms with van der Waals surface area (Å²) in [5, 5.41) is 72.0. The summed E-state index contributed by atoms with van der Waals surface area (Å²) in [6.45, 7) is 3.53. The average Bonchev–Trinajstić information content (AvgIpc) is 4.06. The van der Waals surface area contributed by atoms with Crippen molar-refractivity contribution in [3.63, 3.8) is 0 Å². The van der Waals surface area contributed by atoms with E-state index in [0.717, 1.165) is 0 Å². The number of H-pyrrole nitrogens is 2. The van der Waals surface area contributed by atoms with Gasteiger partial charge in [-0.15, -0.1) is 50.1 Å². The van der Waals surface area contributed by atoms with E-state index >= 15 is 0 Å². The summed E-state index contributed by atoms with van der Waals surface area (Å²) in [5.41, 5.74) is 4.11. The van der Waals surface area contributed by atoms with Gasteiger partial charge in [0.2, 0.25) is 0 Å². The number of fused-ring (bicyclic) bond motifs is 2. The molecule has 258 valence electrons. The van der Waals surface area contributed by atoms with Gasteiger partial charge in [0.1, 0.15) is 34.7 Å². The summed E-state index contributed by atoms with van der Waals surface area (Å²) in [7, 11) is 0. The van der Waals surface area contributed by atoms with Gasteiger partial charge in [-0.3, -0.25) is 0 Å². The van der Waals surface area contributed by atoms with Crippen LogP contribution in [-0.2, 0) is 0 Å². The Morgan fingerprint density at radius 3 is 1.44 bits per heavy atom. The van der Waals surface area contributed by atoms with Gasteiger partial charge in [0.25, 0.3) is 0 Å². The summed E-state index contributed by atoms with van der Waals surface area (Å²) in [5.74, 6) is 2.14. The van der Waals surface area contributed by atoms with Crippen LogP contribution in [-0.4, -0.2) is 79.3 Å². The van der Waals surface area contributed by atoms with Gasteiger partial charge >= 0.3 is 0 Å². The number of azo groups is 2. The van der Waals surface area contributed by atoms with Crippen molar-refractivity contribution < 1.29 is 0 Å². The first-order valence-corrected chi connectivity index (χ1v) is 15.9.